The van der Waals surface area contributed by atoms with Gasteiger partial charge in [0.15, 0.2) is 0 Å². The first-order valence-corrected chi connectivity index (χ1v) is 11.1. The summed E-state index contributed by atoms with van der Waals surface area (Å²) in [6.07, 6.45) is 1.98. The van der Waals surface area contributed by atoms with E-state index in [1.165, 1.54) is 22.5 Å². The SMILES string of the molecule is Cc1nc(-c2ccccc2)sc1C(=O)NCCCC(=O)N1CCc2ccccc2C1. The second-order valence-corrected chi connectivity index (χ2v) is 8.49. The molecule has 0 radical (unpaired) electrons. The number of rotatable bonds is 6. The van der Waals surface area contributed by atoms with Gasteiger partial charge in [0, 0.05) is 31.6 Å². The first-order valence-electron chi connectivity index (χ1n) is 10.3. The zero-order chi connectivity index (χ0) is 20.9. The van der Waals surface area contributed by atoms with Crippen molar-refractivity contribution in [3.05, 3.63) is 76.3 Å². The van der Waals surface area contributed by atoms with Crippen LogP contribution >= 0.6 is 11.3 Å². The van der Waals surface area contributed by atoms with Gasteiger partial charge >= 0.3 is 0 Å². The van der Waals surface area contributed by atoms with Crippen molar-refractivity contribution in [3.63, 3.8) is 0 Å². The lowest BCUT2D eigenvalue weighted by molar-refractivity contribution is -0.132. The predicted octanol–water partition coefficient (Wildman–Crippen LogP) is 4.21. The number of amides is 2. The molecule has 1 N–H and O–H groups in total. The first-order chi connectivity index (χ1) is 14.6. The second kappa shape index (κ2) is 9.22. The Morgan fingerprint density at radius 1 is 1.07 bits per heavy atom. The van der Waals surface area contributed by atoms with Gasteiger partial charge in [-0.15, -0.1) is 11.3 Å². The lowest BCUT2D eigenvalue weighted by Gasteiger charge is -2.29. The smallest absolute Gasteiger partial charge is 0.263 e. The highest BCUT2D eigenvalue weighted by Gasteiger charge is 2.20. The van der Waals surface area contributed by atoms with E-state index in [4.69, 9.17) is 0 Å². The quantitative estimate of drug-likeness (QED) is 0.609. The standard InChI is InChI=1S/C24H25N3O2S/c1-17-22(30-24(26-17)19-9-3-2-4-10-19)23(29)25-14-7-12-21(28)27-15-13-18-8-5-6-11-20(18)16-27/h2-6,8-11H,7,12-16H2,1H3,(H,25,29). The van der Waals surface area contributed by atoms with Crippen LogP contribution in [0.15, 0.2) is 54.6 Å². The van der Waals surface area contributed by atoms with Crippen molar-refractivity contribution in [1.29, 1.82) is 0 Å². The highest BCUT2D eigenvalue weighted by molar-refractivity contribution is 7.17. The van der Waals surface area contributed by atoms with Gasteiger partial charge in [0.2, 0.25) is 5.91 Å². The summed E-state index contributed by atoms with van der Waals surface area (Å²) in [4.78, 5) is 32.2. The number of hydrogen-bond acceptors (Lipinski definition) is 4. The molecule has 3 aromatic rings. The van der Waals surface area contributed by atoms with Crippen molar-refractivity contribution in [3.8, 4) is 10.6 Å². The molecule has 6 heteroatoms. The van der Waals surface area contributed by atoms with E-state index in [1.54, 1.807) is 0 Å². The highest BCUT2D eigenvalue weighted by atomic mass is 32.1. The molecular weight excluding hydrogens is 394 g/mol. The number of thiazole rings is 1. The fraction of sp³-hybridized carbons (Fsp3) is 0.292. The Hall–Kier alpha value is -2.99. The summed E-state index contributed by atoms with van der Waals surface area (Å²) in [7, 11) is 0. The van der Waals surface area contributed by atoms with Crippen LogP contribution in [-0.2, 0) is 17.8 Å². The Morgan fingerprint density at radius 2 is 1.80 bits per heavy atom. The normalized spacial score (nSPS) is 13.0. The monoisotopic (exact) mass is 419 g/mol. The number of hydrogen-bond donors (Lipinski definition) is 1. The van der Waals surface area contributed by atoms with Crippen molar-refractivity contribution in [2.75, 3.05) is 13.1 Å². The largest absolute Gasteiger partial charge is 0.351 e. The third-order valence-corrected chi connectivity index (χ3v) is 6.57. The molecule has 0 saturated heterocycles. The highest BCUT2D eigenvalue weighted by Crippen LogP contribution is 2.27. The molecule has 4 rings (SSSR count). The van der Waals surface area contributed by atoms with Crippen LogP contribution in [0.1, 0.15) is 39.3 Å². The van der Waals surface area contributed by atoms with Crippen LogP contribution in [0.3, 0.4) is 0 Å². The number of fused-ring (bicyclic) bond motifs is 1. The zero-order valence-electron chi connectivity index (χ0n) is 17.1. The molecule has 2 amide bonds. The van der Waals surface area contributed by atoms with Gasteiger partial charge in [-0.3, -0.25) is 9.59 Å². The molecule has 0 saturated carbocycles. The van der Waals surface area contributed by atoms with Gasteiger partial charge in [0.05, 0.1) is 5.69 Å². The molecule has 1 aliphatic heterocycles. The van der Waals surface area contributed by atoms with E-state index < -0.39 is 0 Å². The van der Waals surface area contributed by atoms with Crippen molar-refractivity contribution in [1.82, 2.24) is 15.2 Å². The number of nitrogens with one attached hydrogen (secondary N) is 1. The van der Waals surface area contributed by atoms with Gasteiger partial charge in [-0.05, 0) is 30.9 Å². The van der Waals surface area contributed by atoms with E-state index >= 15 is 0 Å². The summed E-state index contributed by atoms with van der Waals surface area (Å²) in [5, 5.41) is 3.79. The minimum Gasteiger partial charge on any atom is -0.351 e. The average Bonchev–Trinajstić information content (AvgIpc) is 3.18. The second-order valence-electron chi connectivity index (χ2n) is 7.49. The molecule has 5 nitrogen and oxygen atoms in total. The molecule has 1 aliphatic rings. The molecule has 0 fully saturated rings. The van der Waals surface area contributed by atoms with E-state index in [0.29, 0.717) is 30.8 Å². The summed E-state index contributed by atoms with van der Waals surface area (Å²) < 4.78 is 0. The van der Waals surface area contributed by atoms with Crippen LogP contribution in [0, 0.1) is 6.92 Å². The number of aryl methyl sites for hydroxylation is 1. The van der Waals surface area contributed by atoms with Gasteiger partial charge in [-0.1, -0.05) is 54.6 Å². The van der Waals surface area contributed by atoms with E-state index in [9.17, 15) is 9.59 Å². The third-order valence-electron chi connectivity index (χ3n) is 5.36. The maximum absolute atomic E-state index is 12.6. The predicted molar refractivity (Wildman–Crippen MR) is 119 cm³/mol. The number of nitrogens with zero attached hydrogens (tertiary/aromatic N) is 2. The molecule has 1 aromatic heterocycles. The van der Waals surface area contributed by atoms with Crippen LogP contribution in [0.2, 0.25) is 0 Å². The Kier molecular flexibility index (Phi) is 6.23. The topological polar surface area (TPSA) is 62.3 Å². The van der Waals surface area contributed by atoms with Gasteiger partial charge in [0.1, 0.15) is 9.88 Å². The van der Waals surface area contributed by atoms with Crippen LogP contribution in [-0.4, -0.2) is 34.8 Å². The van der Waals surface area contributed by atoms with Crippen molar-refractivity contribution >= 4 is 23.2 Å². The summed E-state index contributed by atoms with van der Waals surface area (Å²) in [5.41, 5.74) is 4.32. The molecule has 0 aliphatic carbocycles. The molecule has 154 valence electrons. The fourth-order valence-corrected chi connectivity index (χ4v) is 4.69. The van der Waals surface area contributed by atoms with Gasteiger partial charge in [-0.2, -0.15) is 0 Å². The Balaban J connectivity index is 1.25. The molecule has 30 heavy (non-hydrogen) atoms. The maximum Gasteiger partial charge on any atom is 0.263 e. The van der Waals surface area contributed by atoms with Gasteiger partial charge in [0.25, 0.3) is 5.91 Å². The average molecular weight is 420 g/mol. The van der Waals surface area contributed by atoms with E-state index in [1.807, 2.05) is 54.3 Å². The van der Waals surface area contributed by atoms with E-state index in [0.717, 1.165) is 29.2 Å². The molecule has 2 aromatic carbocycles. The van der Waals surface area contributed by atoms with Crippen molar-refractivity contribution in [2.45, 2.75) is 32.7 Å². The maximum atomic E-state index is 12.6. The zero-order valence-corrected chi connectivity index (χ0v) is 17.9. The molecular formula is C24H25N3O2S. The first kappa shape index (κ1) is 20.3. The molecule has 0 unspecified atom stereocenters. The molecule has 0 atom stereocenters. The molecule has 0 spiro atoms. The summed E-state index contributed by atoms with van der Waals surface area (Å²) in [6, 6.07) is 18.2. The lowest BCUT2D eigenvalue weighted by Crippen LogP contribution is -2.36. The third kappa shape index (κ3) is 4.60. The number of carbonyl (C=O) groups excluding carboxylic acids is 2. The Morgan fingerprint density at radius 3 is 2.60 bits per heavy atom. The fourth-order valence-electron chi connectivity index (χ4n) is 3.70. The van der Waals surface area contributed by atoms with Crippen LogP contribution in [0.4, 0.5) is 0 Å². The Labute approximate surface area is 180 Å². The number of aromatic nitrogens is 1. The number of benzene rings is 2. The number of carbonyl (C=O) groups is 2. The van der Waals surface area contributed by atoms with Gasteiger partial charge < -0.3 is 10.2 Å². The van der Waals surface area contributed by atoms with Crippen LogP contribution in [0.25, 0.3) is 10.6 Å². The van der Waals surface area contributed by atoms with Gasteiger partial charge in [-0.25, -0.2) is 4.98 Å². The summed E-state index contributed by atoms with van der Waals surface area (Å²) >= 11 is 1.40. The van der Waals surface area contributed by atoms with E-state index in [-0.39, 0.29) is 11.8 Å². The van der Waals surface area contributed by atoms with Crippen molar-refractivity contribution in [2.24, 2.45) is 0 Å². The van der Waals surface area contributed by atoms with E-state index in [2.05, 4.69) is 22.4 Å². The molecule has 2 heterocycles. The molecule has 0 bridgehead atoms. The minimum atomic E-state index is -0.119. The van der Waals surface area contributed by atoms with Crippen LogP contribution < -0.4 is 5.32 Å². The van der Waals surface area contributed by atoms with Crippen molar-refractivity contribution < 1.29 is 9.59 Å². The van der Waals surface area contributed by atoms with Crippen LogP contribution in [0.5, 0.6) is 0 Å². The Bertz CT molecular complexity index is 1050. The summed E-state index contributed by atoms with van der Waals surface area (Å²) in [6.45, 7) is 3.79. The minimum absolute atomic E-state index is 0.119. The summed E-state index contributed by atoms with van der Waals surface area (Å²) in [5.74, 6) is 0.0330. The lowest BCUT2D eigenvalue weighted by atomic mass is 9.99.